The van der Waals surface area contributed by atoms with Gasteiger partial charge in [0.05, 0.1) is 5.69 Å². The standard InChI is InChI=1S/C13H15BrN2O3/c1-13(12(18)19)5-2-6-16(13)10-4-3-8(11(15)17)7-9(10)14/h3-4,7H,2,5-6H2,1H3,(H2,15,17)(H,18,19). The molecule has 1 aliphatic heterocycles. The zero-order valence-electron chi connectivity index (χ0n) is 10.5. The highest BCUT2D eigenvalue weighted by molar-refractivity contribution is 9.10. The molecule has 2 rings (SSSR count). The second-order valence-corrected chi connectivity index (χ2v) is 5.72. The Bertz CT molecular complexity index is 547. The van der Waals surface area contributed by atoms with Gasteiger partial charge in [0.2, 0.25) is 5.91 Å². The molecule has 19 heavy (non-hydrogen) atoms. The number of hydrogen-bond donors (Lipinski definition) is 2. The van der Waals surface area contributed by atoms with Crippen LogP contribution < -0.4 is 10.6 Å². The molecule has 0 bridgehead atoms. The van der Waals surface area contributed by atoms with Crippen molar-refractivity contribution in [2.75, 3.05) is 11.4 Å². The highest BCUT2D eigenvalue weighted by Crippen LogP contribution is 2.38. The molecule has 102 valence electrons. The number of carboxylic acid groups (broad SMARTS) is 1. The van der Waals surface area contributed by atoms with Crippen LogP contribution in [0.4, 0.5) is 5.69 Å². The van der Waals surface area contributed by atoms with E-state index in [2.05, 4.69) is 15.9 Å². The Balaban J connectivity index is 2.42. The Kier molecular flexibility index (Phi) is 3.54. The third-order valence-corrected chi connectivity index (χ3v) is 4.26. The molecule has 1 atom stereocenters. The van der Waals surface area contributed by atoms with Gasteiger partial charge in [0.1, 0.15) is 5.54 Å². The first kappa shape index (κ1) is 13.9. The number of amides is 1. The number of halogens is 1. The van der Waals surface area contributed by atoms with Crippen molar-refractivity contribution in [1.82, 2.24) is 0 Å². The number of hydrogen-bond acceptors (Lipinski definition) is 3. The van der Waals surface area contributed by atoms with Crippen LogP contribution in [-0.2, 0) is 4.79 Å². The first-order valence-electron chi connectivity index (χ1n) is 5.96. The van der Waals surface area contributed by atoms with Gasteiger partial charge < -0.3 is 15.7 Å². The van der Waals surface area contributed by atoms with Gasteiger partial charge in [-0.25, -0.2) is 4.79 Å². The van der Waals surface area contributed by atoms with E-state index in [0.717, 1.165) is 12.1 Å². The molecule has 1 saturated heterocycles. The molecule has 1 aliphatic rings. The van der Waals surface area contributed by atoms with Crippen molar-refractivity contribution < 1.29 is 14.7 Å². The number of rotatable bonds is 3. The molecule has 1 unspecified atom stereocenters. The van der Waals surface area contributed by atoms with E-state index in [1.54, 1.807) is 25.1 Å². The van der Waals surface area contributed by atoms with Gasteiger partial charge in [0, 0.05) is 16.6 Å². The molecule has 6 heteroatoms. The molecule has 0 spiro atoms. The molecule has 0 aliphatic carbocycles. The van der Waals surface area contributed by atoms with Crippen LogP contribution in [0.15, 0.2) is 22.7 Å². The van der Waals surface area contributed by atoms with Gasteiger partial charge in [-0.1, -0.05) is 0 Å². The van der Waals surface area contributed by atoms with Crippen molar-refractivity contribution in [2.45, 2.75) is 25.3 Å². The number of carbonyl (C=O) groups excluding carboxylic acids is 1. The summed E-state index contributed by atoms with van der Waals surface area (Å²) in [6.07, 6.45) is 1.43. The smallest absolute Gasteiger partial charge is 0.329 e. The lowest BCUT2D eigenvalue weighted by Gasteiger charge is -2.33. The number of nitrogens with two attached hydrogens (primary N) is 1. The van der Waals surface area contributed by atoms with Crippen LogP contribution in [0.1, 0.15) is 30.1 Å². The van der Waals surface area contributed by atoms with Gasteiger partial charge in [-0.05, 0) is 53.9 Å². The molecule has 0 aromatic heterocycles. The van der Waals surface area contributed by atoms with E-state index in [4.69, 9.17) is 5.73 Å². The highest BCUT2D eigenvalue weighted by Gasteiger charge is 2.44. The van der Waals surface area contributed by atoms with E-state index >= 15 is 0 Å². The number of aliphatic carboxylic acids is 1. The van der Waals surface area contributed by atoms with Gasteiger partial charge in [-0.3, -0.25) is 4.79 Å². The van der Waals surface area contributed by atoms with Crippen LogP contribution in [0, 0.1) is 0 Å². The van der Waals surface area contributed by atoms with E-state index in [1.165, 1.54) is 0 Å². The molecule has 1 heterocycles. The molecule has 1 aromatic carbocycles. The molecule has 1 amide bonds. The van der Waals surface area contributed by atoms with Gasteiger partial charge in [-0.2, -0.15) is 0 Å². The minimum atomic E-state index is -0.906. The number of benzene rings is 1. The summed E-state index contributed by atoms with van der Waals surface area (Å²) in [6, 6.07) is 4.97. The van der Waals surface area contributed by atoms with Gasteiger partial charge in [-0.15, -0.1) is 0 Å². The SMILES string of the molecule is CC1(C(=O)O)CCCN1c1ccc(C(N)=O)cc1Br. The van der Waals surface area contributed by atoms with Crippen LogP contribution in [0.5, 0.6) is 0 Å². The summed E-state index contributed by atoms with van der Waals surface area (Å²) in [5, 5.41) is 9.41. The molecule has 0 saturated carbocycles. The largest absolute Gasteiger partial charge is 0.480 e. The zero-order chi connectivity index (χ0) is 14.2. The van der Waals surface area contributed by atoms with Crippen LogP contribution >= 0.6 is 15.9 Å². The van der Waals surface area contributed by atoms with Crippen LogP contribution in [0.25, 0.3) is 0 Å². The summed E-state index contributed by atoms with van der Waals surface area (Å²) in [5.41, 5.74) is 5.48. The number of carboxylic acids is 1. The fourth-order valence-electron chi connectivity index (χ4n) is 2.45. The van der Waals surface area contributed by atoms with Crippen molar-refractivity contribution in [2.24, 2.45) is 5.73 Å². The monoisotopic (exact) mass is 326 g/mol. The normalized spacial score (nSPS) is 22.5. The van der Waals surface area contributed by atoms with Crippen molar-refractivity contribution in [1.29, 1.82) is 0 Å². The second-order valence-electron chi connectivity index (χ2n) is 4.86. The Morgan fingerprint density at radius 3 is 2.68 bits per heavy atom. The molecular weight excluding hydrogens is 312 g/mol. The number of nitrogens with zero attached hydrogens (tertiary/aromatic N) is 1. The van der Waals surface area contributed by atoms with E-state index in [-0.39, 0.29) is 0 Å². The second kappa shape index (κ2) is 4.85. The van der Waals surface area contributed by atoms with E-state index in [9.17, 15) is 14.7 Å². The average molecular weight is 327 g/mol. The Hall–Kier alpha value is -1.56. The number of anilines is 1. The van der Waals surface area contributed by atoms with Crippen LogP contribution in [0.3, 0.4) is 0 Å². The predicted octanol–water partition coefficient (Wildman–Crippen LogP) is 1.99. The Morgan fingerprint density at radius 1 is 1.47 bits per heavy atom. The first-order valence-corrected chi connectivity index (χ1v) is 6.76. The molecule has 1 aromatic rings. The summed E-state index contributed by atoms with van der Waals surface area (Å²) in [6.45, 7) is 2.40. The lowest BCUT2D eigenvalue weighted by Crippen LogP contribution is -2.48. The highest BCUT2D eigenvalue weighted by atomic mass is 79.9. The van der Waals surface area contributed by atoms with Crippen molar-refractivity contribution in [3.05, 3.63) is 28.2 Å². The summed E-state index contributed by atoms with van der Waals surface area (Å²) in [7, 11) is 0. The maximum absolute atomic E-state index is 11.5. The first-order chi connectivity index (χ1) is 8.86. The molecule has 1 fully saturated rings. The van der Waals surface area contributed by atoms with Crippen molar-refractivity contribution in [3.63, 3.8) is 0 Å². The predicted molar refractivity (Wildman–Crippen MR) is 75.3 cm³/mol. The third kappa shape index (κ3) is 2.32. The van der Waals surface area contributed by atoms with E-state index < -0.39 is 17.4 Å². The van der Waals surface area contributed by atoms with Crippen LogP contribution in [-0.4, -0.2) is 29.1 Å². The average Bonchev–Trinajstić information content (AvgIpc) is 2.72. The van der Waals surface area contributed by atoms with Crippen molar-refractivity contribution >= 4 is 33.5 Å². The van der Waals surface area contributed by atoms with Gasteiger partial charge in [0.15, 0.2) is 0 Å². The summed E-state index contributed by atoms with van der Waals surface area (Å²) < 4.78 is 0.679. The third-order valence-electron chi connectivity index (χ3n) is 3.62. The zero-order valence-corrected chi connectivity index (χ0v) is 12.1. The van der Waals surface area contributed by atoms with E-state index in [1.807, 2.05) is 4.90 Å². The fraction of sp³-hybridized carbons (Fsp3) is 0.385. The maximum atomic E-state index is 11.5. The molecular formula is C13H15BrN2O3. The van der Waals surface area contributed by atoms with Gasteiger partial charge in [0.25, 0.3) is 0 Å². The number of carbonyl (C=O) groups is 2. The lowest BCUT2D eigenvalue weighted by molar-refractivity contribution is -0.142. The van der Waals surface area contributed by atoms with Crippen LogP contribution in [0.2, 0.25) is 0 Å². The summed E-state index contributed by atoms with van der Waals surface area (Å²) in [4.78, 5) is 24.4. The minimum Gasteiger partial charge on any atom is -0.480 e. The van der Waals surface area contributed by atoms with Gasteiger partial charge >= 0.3 is 5.97 Å². The maximum Gasteiger partial charge on any atom is 0.329 e. The lowest BCUT2D eigenvalue weighted by atomic mass is 9.98. The minimum absolute atomic E-state index is 0.395. The van der Waals surface area contributed by atoms with Crippen molar-refractivity contribution in [3.8, 4) is 0 Å². The fourth-order valence-corrected chi connectivity index (χ4v) is 3.04. The summed E-state index contributed by atoms with van der Waals surface area (Å²) in [5.74, 6) is -1.34. The molecule has 3 N–H and O–H groups in total. The quantitative estimate of drug-likeness (QED) is 0.889. The van der Waals surface area contributed by atoms with E-state index in [0.29, 0.717) is 23.0 Å². The number of primary amides is 1. The Labute approximate surface area is 119 Å². The Morgan fingerprint density at radius 2 is 2.16 bits per heavy atom. The summed E-state index contributed by atoms with van der Waals surface area (Å²) >= 11 is 3.38. The molecule has 0 radical (unpaired) electrons. The molecule has 5 nitrogen and oxygen atoms in total. The topological polar surface area (TPSA) is 83.6 Å².